The van der Waals surface area contributed by atoms with Gasteiger partial charge in [-0.2, -0.15) is 0 Å². The van der Waals surface area contributed by atoms with E-state index in [4.69, 9.17) is 10.8 Å². The predicted molar refractivity (Wildman–Crippen MR) is 66.8 cm³/mol. The third-order valence-corrected chi connectivity index (χ3v) is 2.18. The van der Waals surface area contributed by atoms with E-state index in [0.717, 1.165) is 0 Å². The molecule has 0 spiro atoms. The van der Waals surface area contributed by atoms with Crippen LogP contribution in [0, 0.1) is 0 Å². The third kappa shape index (κ3) is 8.55. The number of primary amides is 1. The molecule has 114 valence electrons. The fourth-order valence-electron chi connectivity index (χ4n) is 1.19. The molecule has 0 unspecified atom stereocenters. The van der Waals surface area contributed by atoms with Crippen molar-refractivity contribution in [3.05, 3.63) is 0 Å². The molecule has 0 aliphatic heterocycles. The van der Waals surface area contributed by atoms with E-state index in [1.54, 1.807) is 0 Å². The number of esters is 1. The van der Waals surface area contributed by atoms with Crippen molar-refractivity contribution in [2.45, 2.75) is 18.9 Å². The molecule has 0 radical (unpaired) electrons. The summed E-state index contributed by atoms with van der Waals surface area (Å²) in [5.74, 6) is -1.83. The highest BCUT2D eigenvalue weighted by molar-refractivity contribution is 5.83. The van der Waals surface area contributed by atoms with Crippen LogP contribution in [-0.2, 0) is 14.3 Å². The zero-order valence-electron chi connectivity index (χ0n) is 11.0. The Hall–Kier alpha value is -2.52. The lowest BCUT2D eigenvalue weighted by atomic mass is 10.1. The van der Waals surface area contributed by atoms with Crippen molar-refractivity contribution in [2.75, 3.05) is 20.2 Å². The first kappa shape index (κ1) is 17.5. The summed E-state index contributed by atoms with van der Waals surface area (Å²) in [4.78, 5) is 43.5. The highest BCUT2D eigenvalue weighted by Gasteiger charge is 2.20. The summed E-state index contributed by atoms with van der Waals surface area (Å²) in [5, 5.41) is 15.6. The molecule has 0 aromatic heterocycles. The number of carboxylic acid groups (broad SMARTS) is 1. The van der Waals surface area contributed by atoms with E-state index in [0.29, 0.717) is 0 Å². The molecule has 0 heterocycles. The number of nitrogens with two attached hydrogens (primary N) is 1. The van der Waals surface area contributed by atoms with Crippen molar-refractivity contribution in [1.29, 1.82) is 0 Å². The van der Waals surface area contributed by atoms with Crippen LogP contribution >= 0.6 is 0 Å². The molecule has 0 aliphatic rings. The van der Waals surface area contributed by atoms with Crippen molar-refractivity contribution in [2.24, 2.45) is 5.73 Å². The van der Waals surface area contributed by atoms with E-state index in [-0.39, 0.29) is 25.9 Å². The Morgan fingerprint density at radius 1 is 1.20 bits per heavy atom. The summed E-state index contributed by atoms with van der Waals surface area (Å²) in [6, 6.07) is -2.67. The van der Waals surface area contributed by atoms with E-state index in [1.807, 2.05) is 0 Å². The highest BCUT2D eigenvalue weighted by Crippen LogP contribution is 1.99. The van der Waals surface area contributed by atoms with Gasteiger partial charge in [-0.1, -0.05) is 0 Å². The van der Waals surface area contributed by atoms with Gasteiger partial charge in [-0.25, -0.2) is 14.4 Å². The monoisotopic (exact) mass is 290 g/mol. The van der Waals surface area contributed by atoms with Crippen molar-refractivity contribution in [3.63, 3.8) is 0 Å². The number of carboxylic acids is 1. The Bertz CT molecular complexity index is 373. The van der Waals surface area contributed by atoms with Crippen molar-refractivity contribution in [1.82, 2.24) is 16.0 Å². The molecular weight excluding hydrogens is 272 g/mol. The first-order valence-electron chi connectivity index (χ1n) is 5.74. The van der Waals surface area contributed by atoms with E-state index in [9.17, 15) is 19.2 Å². The molecule has 0 bridgehead atoms. The normalized spacial score (nSPS) is 11.1. The summed E-state index contributed by atoms with van der Waals surface area (Å²) >= 11 is 0. The second-order valence-electron chi connectivity index (χ2n) is 3.70. The van der Waals surface area contributed by atoms with Gasteiger partial charge in [-0.3, -0.25) is 4.79 Å². The van der Waals surface area contributed by atoms with Crippen LogP contribution in [0.25, 0.3) is 0 Å². The summed E-state index contributed by atoms with van der Waals surface area (Å²) < 4.78 is 4.37. The number of hydrogen-bond acceptors (Lipinski definition) is 5. The van der Waals surface area contributed by atoms with Crippen LogP contribution < -0.4 is 21.7 Å². The minimum atomic E-state index is -1.26. The van der Waals surface area contributed by atoms with Crippen LogP contribution in [0.5, 0.6) is 0 Å². The molecule has 0 saturated carbocycles. The summed E-state index contributed by atoms with van der Waals surface area (Å²) in [5.41, 5.74) is 4.81. The quantitative estimate of drug-likeness (QED) is 0.266. The molecule has 0 aromatic carbocycles. The molecular formula is C10H18N4O6. The molecule has 10 nitrogen and oxygen atoms in total. The molecule has 0 rings (SSSR count). The number of ether oxygens (including phenoxy) is 1. The van der Waals surface area contributed by atoms with E-state index in [2.05, 4.69) is 20.7 Å². The topological polar surface area (TPSA) is 160 Å². The number of nitrogens with one attached hydrogen (secondary N) is 3. The standard InChI is InChI=1S/C10H18N4O6/c1-20-7(15)3-2-6(8(16)17)14-10(19)13-5-4-12-9(11)18/h6H,2-5H2,1H3,(H,16,17)(H3,11,12,18)(H2,13,14,19)/t6-/m1/s1. The maximum atomic E-state index is 11.4. The third-order valence-electron chi connectivity index (χ3n) is 2.18. The van der Waals surface area contributed by atoms with Crippen molar-refractivity contribution in [3.8, 4) is 0 Å². The maximum Gasteiger partial charge on any atom is 0.326 e. The predicted octanol–water partition coefficient (Wildman–Crippen LogP) is -1.64. The smallest absolute Gasteiger partial charge is 0.326 e. The van der Waals surface area contributed by atoms with Gasteiger partial charge < -0.3 is 31.5 Å². The fourth-order valence-corrected chi connectivity index (χ4v) is 1.19. The Labute approximate surface area is 115 Å². The van der Waals surface area contributed by atoms with E-state index >= 15 is 0 Å². The highest BCUT2D eigenvalue weighted by atomic mass is 16.5. The van der Waals surface area contributed by atoms with Gasteiger partial charge in [0.1, 0.15) is 6.04 Å². The van der Waals surface area contributed by atoms with Gasteiger partial charge in [0.2, 0.25) is 0 Å². The van der Waals surface area contributed by atoms with Crippen LogP contribution in [0.3, 0.4) is 0 Å². The number of carbonyl (C=O) groups excluding carboxylic acids is 3. The SMILES string of the molecule is COC(=O)CC[C@@H](NC(=O)NCCNC(N)=O)C(=O)O. The number of aliphatic carboxylic acids is 1. The Kier molecular flexibility index (Phi) is 8.23. The number of amides is 4. The molecule has 10 heteroatoms. The second kappa shape index (κ2) is 9.42. The van der Waals surface area contributed by atoms with Gasteiger partial charge in [0, 0.05) is 19.5 Å². The van der Waals surface area contributed by atoms with Gasteiger partial charge in [0.25, 0.3) is 0 Å². The number of urea groups is 2. The molecule has 0 aromatic rings. The molecule has 1 atom stereocenters. The number of rotatable bonds is 8. The van der Waals surface area contributed by atoms with Gasteiger partial charge >= 0.3 is 24.0 Å². The average molecular weight is 290 g/mol. The van der Waals surface area contributed by atoms with E-state index < -0.39 is 30.0 Å². The largest absolute Gasteiger partial charge is 0.480 e. The molecule has 0 aliphatic carbocycles. The van der Waals surface area contributed by atoms with Crippen LogP contribution in [0.15, 0.2) is 0 Å². The summed E-state index contributed by atoms with van der Waals surface area (Å²) in [7, 11) is 1.18. The van der Waals surface area contributed by atoms with Crippen LogP contribution in [0.2, 0.25) is 0 Å². The molecule has 4 amide bonds. The Morgan fingerprint density at radius 2 is 1.80 bits per heavy atom. The molecule has 6 N–H and O–H groups in total. The molecule has 20 heavy (non-hydrogen) atoms. The van der Waals surface area contributed by atoms with Gasteiger partial charge in [0.05, 0.1) is 7.11 Å². The van der Waals surface area contributed by atoms with Crippen LogP contribution in [-0.4, -0.2) is 55.3 Å². The summed E-state index contributed by atoms with van der Waals surface area (Å²) in [6.45, 7) is 0.195. The lowest BCUT2D eigenvalue weighted by Crippen LogP contribution is -2.48. The lowest BCUT2D eigenvalue weighted by Gasteiger charge is -2.14. The second-order valence-corrected chi connectivity index (χ2v) is 3.70. The number of carbonyl (C=O) groups is 4. The maximum absolute atomic E-state index is 11.4. The Balaban J connectivity index is 4.04. The minimum Gasteiger partial charge on any atom is -0.480 e. The average Bonchev–Trinajstić information content (AvgIpc) is 2.38. The fraction of sp³-hybridized carbons (Fsp3) is 0.600. The molecule has 0 saturated heterocycles. The lowest BCUT2D eigenvalue weighted by molar-refractivity contribution is -0.142. The van der Waals surface area contributed by atoms with Gasteiger partial charge in [-0.15, -0.1) is 0 Å². The minimum absolute atomic E-state index is 0.0815. The van der Waals surface area contributed by atoms with Crippen LogP contribution in [0.1, 0.15) is 12.8 Å². The number of hydrogen-bond donors (Lipinski definition) is 5. The van der Waals surface area contributed by atoms with Crippen LogP contribution in [0.4, 0.5) is 9.59 Å². The molecule has 0 fully saturated rings. The van der Waals surface area contributed by atoms with Gasteiger partial charge in [-0.05, 0) is 6.42 Å². The zero-order valence-corrected chi connectivity index (χ0v) is 11.0. The zero-order chi connectivity index (χ0) is 15.5. The van der Waals surface area contributed by atoms with Gasteiger partial charge in [0.15, 0.2) is 0 Å². The van der Waals surface area contributed by atoms with Crippen molar-refractivity contribution >= 4 is 24.0 Å². The number of methoxy groups -OCH3 is 1. The first-order valence-corrected chi connectivity index (χ1v) is 5.74. The van der Waals surface area contributed by atoms with Crippen molar-refractivity contribution < 1.29 is 29.0 Å². The Morgan fingerprint density at radius 3 is 2.30 bits per heavy atom. The van der Waals surface area contributed by atoms with E-state index in [1.165, 1.54) is 7.11 Å². The summed E-state index contributed by atoms with van der Waals surface area (Å²) in [6.07, 6.45) is -0.216. The first-order chi connectivity index (χ1) is 9.36.